The van der Waals surface area contributed by atoms with Crippen LogP contribution in [0.1, 0.15) is 57.2 Å². The van der Waals surface area contributed by atoms with Crippen molar-refractivity contribution in [2.45, 2.75) is 30.1 Å². The fourth-order valence-corrected chi connectivity index (χ4v) is 9.12. The molecule has 4 aliphatic rings. The van der Waals surface area contributed by atoms with Crippen molar-refractivity contribution in [3.63, 3.8) is 0 Å². The predicted molar refractivity (Wildman–Crippen MR) is 207 cm³/mol. The smallest absolute Gasteiger partial charge is 0.0526 e. The van der Waals surface area contributed by atoms with Crippen LogP contribution in [0.5, 0.6) is 0 Å². The zero-order chi connectivity index (χ0) is 33.3. The van der Waals surface area contributed by atoms with E-state index >= 15 is 0 Å². The number of aryl methyl sites for hydroxylation is 1. The Balaban J connectivity index is 1.21. The maximum absolute atomic E-state index is 2.60. The second-order valence-corrected chi connectivity index (χ2v) is 13.9. The lowest BCUT2D eigenvalue weighted by Gasteiger charge is -2.42. The normalized spacial score (nSPS) is 22.2. The molecule has 0 heterocycles. The van der Waals surface area contributed by atoms with Gasteiger partial charge in [0.25, 0.3) is 0 Å². The van der Waals surface area contributed by atoms with Crippen molar-refractivity contribution in [2.24, 2.45) is 11.8 Å². The van der Waals surface area contributed by atoms with Crippen molar-refractivity contribution >= 4 is 6.08 Å². The lowest BCUT2D eigenvalue weighted by Crippen LogP contribution is -2.36. The molecule has 0 aromatic heterocycles. The van der Waals surface area contributed by atoms with E-state index in [1.54, 1.807) is 0 Å². The number of fused-ring (bicyclic) bond motifs is 6. The van der Waals surface area contributed by atoms with Crippen molar-refractivity contribution in [1.29, 1.82) is 0 Å². The van der Waals surface area contributed by atoms with Gasteiger partial charge < -0.3 is 4.90 Å². The van der Waals surface area contributed by atoms with Gasteiger partial charge in [-0.1, -0.05) is 182 Å². The predicted octanol–water partition coefficient (Wildman–Crippen LogP) is 11.5. The van der Waals surface area contributed by atoms with Crippen LogP contribution in [0.25, 0.3) is 6.08 Å². The highest BCUT2D eigenvalue weighted by atomic mass is 15.1. The molecule has 9 rings (SSSR count). The van der Waals surface area contributed by atoms with Crippen molar-refractivity contribution in [1.82, 2.24) is 4.90 Å². The van der Waals surface area contributed by atoms with Crippen LogP contribution in [0, 0.1) is 11.8 Å². The van der Waals surface area contributed by atoms with Gasteiger partial charge in [-0.15, -0.1) is 0 Å². The largest absolute Gasteiger partial charge is 0.321 e. The van der Waals surface area contributed by atoms with Gasteiger partial charge in [0.2, 0.25) is 0 Å². The summed E-state index contributed by atoms with van der Waals surface area (Å²) in [6, 6.07) is 51.4. The summed E-state index contributed by atoms with van der Waals surface area (Å²) >= 11 is 0. The standard InChI is InChI=1S/C49H41N/c1-4-18-36(19-5-1)20-16-17-33-50(48-34-37-21-10-11-26-41(37)42-27-12-13-29-45(42)48)40-31-32-44-43-28-14-15-30-46(43)49(47(44)35-40,38-22-6-2-7-23-38)39-24-8-3-9-25-39/h1-15,17-19,21-35,42,44-45,47H,16,20H2/b33-17+. The Morgan fingerprint density at radius 3 is 1.94 bits per heavy atom. The molecule has 0 saturated carbocycles. The van der Waals surface area contributed by atoms with Gasteiger partial charge in [0.1, 0.15) is 0 Å². The average Bonchev–Trinajstić information content (AvgIpc) is 3.49. The first-order valence-electron chi connectivity index (χ1n) is 18.1. The molecule has 0 amide bonds. The van der Waals surface area contributed by atoms with Crippen molar-refractivity contribution in [2.75, 3.05) is 0 Å². The molecule has 5 aromatic carbocycles. The fourth-order valence-electron chi connectivity index (χ4n) is 9.12. The minimum Gasteiger partial charge on any atom is -0.321 e. The molecule has 0 spiro atoms. The number of rotatable bonds is 8. The molecule has 0 saturated heterocycles. The number of allylic oxidation sites excluding steroid dienone is 8. The molecule has 4 aliphatic carbocycles. The molecular weight excluding hydrogens is 603 g/mol. The van der Waals surface area contributed by atoms with Crippen molar-refractivity contribution in [3.8, 4) is 0 Å². The van der Waals surface area contributed by atoms with Gasteiger partial charge in [0, 0.05) is 41.3 Å². The molecule has 1 heteroatoms. The van der Waals surface area contributed by atoms with E-state index in [-0.39, 0.29) is 23.2 Å². The molecular formula is C49H41N. The summed E-state index contributed by atoms with van der Waals surface area (Å²) in [5, 5.41) is 0. The fraction of sp³-hybridized carbons (Fsp3) is 0.143. The molecule has 0 N–H and O–H groups in total. The summed E-state index contributed by atoms with van der Waals surface area (Å²) in [4.78, 5) is 2.51. The van der Waals surface area contributed by atoms with E-state index in [1.165, 1.54) is 50.3 Å². The van der Waals surface area contributed by atoms with Crippen LogP contribution < -0.4 is 0 Å². The molecule has 242 valence electrons. The Kier molecular flexibility index (Phi) is 7.90. The maximum Gasteiger partial charge on any atom is 0.0526 e. The summed E-state index contributed by atoms with van der Waals surface area (Å²) in [7, 11) is 0. The highest BCUT2D eigenvalue weighted by Crippen LogP contribution is 2.60. The number of hydrogen-bond donors (Lipinski definition) is 0. The lowest BCUT2D eigenvalue weighted by molar-refractivity contribution is 0.428. The molecule has 0 radical (unpaired) electrons. The Morgan fingerprint density at radius 1 is 0.580 bits per heavy atom. The average molecular weight is 644 g/mol. The summed E-state index contributed by atoms with van der Waals surface area (Å²) in [5.41, 5.74) is 11.8. The topological polar surface area (TPSA) is 3.24 Å². The number of nitrogens with zero attached hydrogens (tertiary/aromatic N) is 1. The van der Waals surface area contributed by atoms with Gasteiger partial charge in [0.05, 0.1) is 5.41 Å². The molecule has 0 aliphatic heterocycles. The Labute approximate surface area is 296 Å². The molecule has 0 bridgehead atoms. The van der Waals surface area contributed by atoms with E-state index in [2.05, 4.69) is 205 Å². The van der Waals surface area contributed by atoms with Crippen molar-refractivity contribution in [3.05, 3.63) is 245 Å². The summed E-state index contributed by atoms with van der Waals surface area (Å²) < 4.78 is 0. The molecule has 1 nitrogen and oxygen atoms in total. The summed E-state index contributed by atoms with van der Waals surface area (Å²) in [6.07, 6.45) is 25.9. The van der Waals surface area contributed by atoms with Crippen LogP contribution in [0.4, 0.5) is 0 Å². The number of benzene rings is 5. The van der Waals surface area contributed by atoms with Gasteiger partial charge in [-0.25, -0.2) is 0 Å². The van der Waals surface area contributed by atoms with Gasteiger partial charge in [-0.05, 0) is 63.9 Å². The second-order valence-electron chi connectivity index (χ2n) is 13.9. The van der Waals surface area contributed by atoms with Crippen LogP contribution in [0.15, 0.2) is 206 Å². The molecule has 4 atom stereocenters. The summed E-state index contributed by atoms with van der Waals surface area (Å²) in [5.74, 6) is 1.01. The first kappa shape index (κ1) is 30.4. The minimum atomic E-state index is -0.327. The van der Waals surface area contributed by atoms with E-state index in [0.717, 1.165) is 12.8 Å². The minimum absolute atomic E-state index is 0.194. The van der Waals surface area contributed by atoms with E-state index in [0.29, 0.717) is 5.92 Å². The third-order valence-corrected chi connectivity index (χ3v) is 11.3. The van der Waals surface area contributed by atoms with Crippen molar-refractivity contribution < 1.29 is 0 Å². The zero-order valence-electron chi connectivity index (χ0n) is 28.2. The zero-order valence-corrected chi connectivity index (χ0v) is 28.2. The van der Waals surface area contributed by atoms with Crippen LogP contribution in [-0.4, -0.2) is 4.90 Å². The van der Waals surface area contributed by atoms with E-state index in [1.807, 2.05) is 0 Å². The first-order valence-corrected chi connectivity index (χ1v) is 18.1. The van der Waals surface area contributed by atoms with Gasteiger partial charge in [0.15, 0.2) is 0 Å². The Bertz CT molecular complexity index is 2140. The first-order chi connectivity index (χ1) is 24.8. The number of hydrogen-bond acceptors (Lipinski definition) is 1. The highest BCUT2D eigenvalue weighted by Gasteiger charge is 2.53. The maximum atomic E-state index is 2.60. The van der Waals surface area contributed by atoms with Crippen LogP contribution in [0.3, 0.4) is 0 Å². The molecule has 0 fully saturated rings. The summed E-state index contributed by atoms with van der Waals surface area (Å²) in [6.45, 7) is 0. The Hall–Kier alpha value is -5.66. The van der Waals surface area contributed by atoms with Crippen LogP contribution in [-0.2, 0) is 11.8 Å². The molecule has 5 aromatic rings. The van der Waals surface area contributed by atoms with E-state index in [4.69, 9.17) is 0 Å². The molecule has 4 unspecified atom stereocenters. The SMILES string of the molecule is C1=CC2C(N(/C=C/CCc3ccccc3)C3=CC4C(C=C3)c3ccccc3C4(c3ccccc3)c3ccccc3)=Cc3ccccc3C2C=C1. The second kappa shape index (κ2) is 13.0. The van der Waals surface area contributed by atoms with Crippen LogP contribution in [0.2, 0.25) is 0 Å². The van der Waals surface area contributed by atoms with Gasteiger partial charge in [-0.2, -0.15) is 0 Å². The third-order valence-electron chi connectivity index (χ3n) is 11.3. The Morgan fingerprint density at radius 2 is 1.20 bits per heavy atom. The van der Waals surface area contributed by atoms with E-state index in [9.17, 15) is 0 Å². The van der Waals surface area contributed by atoms with Crippen LogP contribution >= 0.6 is 0 Å². The third kappa shape index (κ3) is 5.08. The van der Waals surface area contributed by atoms with E-state index < -0.39 is 0 Å². The van der Waals surface area contributed by atoms with Gasteiger partial charge in [-0.3, -0.25) is 0 Å². The highest BCUT2D eigenvalue weighted by molar-refractivity contribution is 5.66. The lowest BCUT2D eigenvalue weighted by atomic mass is 9.63. The monoisotopic (exact) mass is 643 g/mol. The van der Waals surface area contributed by atoms with Gasteiger partial charge >= 0.3 is 0 Å². The molecule has 50 heavy (non-hydrogen) atoms. The quantitative estimate of drug-likeness (QED) is 0.163.